The second-order valence-electron chi connectivity index (χ2n) is 4.25. The van der Waals surface area contributed by atoms with Crippen molar-refractivity contribution in [2.24, 2.45) is 5.73 Å². The van der Waals surface area contributed by atoms with Crippen molar-refractivity contribution in [3.05, 3.63) is 35.9 Å². The molecule has 2 N–H and O–H groups in total. The van der Waals surface area contributed by atoms with Gasteiger partial charge in [-0.1, -0.05) is 30.3 Å². The second-order valence-corrected chi connectivity index (χ2v) is 4.25. The third-order valence-corrected chi connectivity index (χ3v) is 2.69. The molecule has 96 valence electrons. The van der Waals surface area contributed by atoms with E-state index in [9.17, 15) is 0 Å². The van der Waals surface area contributed by atoms with Crippen LogP contribution in [0.3, 0.4) is 0 Å². The molecule has 0 fully saturated rings. The number of rotatable bonds is 7. The highest BCUT2D eigenvalue weighted by Gasteiger charge is 2.17. The van der Waals surface area contributed by atoms with Gasteiger partial charge in [0.25, 0.3) is 0 Å². The van der Waals surface area contributed by atoms with Gasteiger partial charge in [0, 0.05) is 6.61 Å². The lowest BCUT2D eigenvalue weighted by atomic mass is 10.0. The third-order valence-electron chi connectivity index (χ3n) is 2.69. The average molecular weight is 237 g/mol. The van der Waals surface area contributed by atoms with Gasteiger partial charge in [-0.3, -0.25) is 0 Å². The highest BCUT2D eigenvalue weighted by molar-refractivity contribution is 5.19. The fraction of sp³-hybridized carbons (Fsp3) is 0.571. The van der Waals surface area contributed by atoms with Crippen LogP contribution in [0.15, 0.2) is 30.3 Å². The van der Waals surface area contributed by atoms with E-state index in [4.69, 9.17) is 15.2 Å². The normalized spacial score (nSPS) is 16.5. The predicted octanol–water partition coefficient (Wildman–Crippen LogP) is 2.52. The lowest BCUT2D eigenvalue weighted by Gasteiger charge is -2.24. The smallest absolute Gasteiger partial charge is 0.0785 e. The number of hydrogen-bond acceptors (Lipinski definition) is 3. The summed E-state index contributed by atoms with van der Waals surface area (Å²) >= 11 is 0. The van der Waals surface area contributed by atoms with Crippen molar-refractivity contribution in [2.45, 2.75) is 39.0 Å². The van der Waals surface area contributed by atoms with Gasteiger partial charge in [0.05, 0.1) is 24.9 Å². The van der Waals surface area contributed by atoms with Crippen LogP contribution in [0.1, 0.15) is 32.4 Å². The monoisotopic (exact) mass is 237 g/mol. The largest absolute Gasteiger partial charge is 0.379 e. The van der Waals surface area contributed by atoms with Gasteiger partial charge in [0.2, 0.25) is 0 Å². The van der Waals surface area contributed by atoms with E-state index in [1.54, 1.807) is 0 Å². The summed E-state index contributed by atoms with van der Waals surface area (Å²) in [6.45, 7) is 7.31. The molecule has 3 nitrogen and oxygen atoms in total. The van der Waals surface area contributed by atoms with E-state index in [2.05, 4.69) is 0 Å². The van der Waals surface area contributed by atoms with Gasteiger partial charge in [-0.2, -0.15) is 0 Å². The van der Waals surface area contributed by atoms with E-state index < -0.39 is 0 Å². The van der Waals surface area contributed by atoms with Crippen LogP contribution in [0.4, 0.5) is 0 Å². The van der Waals surface area contributed by atoms with E-state index in [0.717, 1.165) is 5.56 Å². The Morgan fingerprint density at radius 1 is 1.18 bits per heavy atom. The van der Waals surface area contributed by atoms with Gasteiger partial charge in [0.1, 0.15) is 0 Å². The second kappa shape index (κ2) is 7.43. The van der Waals surface area contributed by atoms with E-state index in [1.807, 2.05) is 51.1 Å². The van der Waals surface area contributed by atoms with Crippen LogP contribution in [0, 0.1) is 0 Å². The van der Waals surface area contributed by atoms with Crippen molar-refractivity contribution in [1.29, 1.82) is 0 Å². The van der Waals surface area contributed by atoms with Crippen molar-refractivity contribution in [2.75, 3.05) is 13.2 Å². The maximum Gasteiger partial charge on any atom is 0.0785 e. The van der Waals surface area contributed by atoms with Gasteiger partial charge in [-0.25, -0.2) is 0 Å². The van der Waals surface area contributed by atoms with E-state index in [0.29, 0.717) is 13.2 Å². The highest BCUT2D eigenvalue weighted by Crippen LogP contribution is 2.17. The minimum atomic E-state index is -0.0970. The average Bonchev–Trinajstić information content (AvgIpc) is 2.36. The molecule has 1 rings (SSSR count). The van der Waals surface area contributed by atoms with E-state index in [1.165, 1.54) is 0 Å². The number of nitrogens with two attached hydrogens (primary N) is 1. The SMILES string of the molecule is CCOCC(C)OC(C)C(N)c1ccccc1. The third kappa shape index (κ3) is 4.86. The van der Waals surface area contributed by atoms with E-state index in [-0.39, 0.29) is 18.2 Å². The molecule has 17 heavy (non-hydrogen) atoms. The summed E-state index contributed by atoms with van der Waals surface area (Å²) < 4.78 is 11.1. The van der Waals surface area contributed by atoms with Gasteiger partial charge in [-0.15, -0.1) is 0 Å². The predicted molar refractivity (Wildman–Crippen MR) is 69.9 cm³/mol. The molecule has 0 bridgehead atoms. The molecule has 1 aromatic carbocycles. The molecule has 0 radical (unpaired) electrons. The van der Waals surface area contributed by atoms with Crippen molar-refractivity contribution in [1.82, 2.24) is 0 Å². The topological polar surface area (TPSA) is 44.5 Å². The molecular formula is C14H23NO2. The molecule has 0 aliphatic rings. The minimum Gasteiger partial charge on any atom is -0.379 e. The number of benzene rings is 1. The van der Waals surface area contributed by atoms with Crippen molar-refractivity contribution < 1.29 is 9.47 Å². The Bertz CT molecular complexity index is 302. The summed E-state index contributed by atoms with van der Waals surface area (Å²) in [5.74, 6) is 0. The van der Waals surface area contributed by atoms with Crippen molar-refractivity contribution in [3.63, 3.8) is 0 Å². The molecule has 3 heteroatoms. The molecule has 3 atom stereocenters. The summed E-state index contributed by atoms with van der Waals surface area (Å²) in [5, 5.41) is 0. The fourth-order valence-corrected chi connectivity index (χ4v) is 1.72. The van der Waals surface area contributed by atoms with Crippen molar-refractivity contribution >= 4 is 0 Å². The Balaban J connectivity index is 2.44. The Labute approximate surface area is 104 Å². The first-order valence-corrected chi connectivity index (χ1v) is 6.18. The number of hydrogen-bond donors (Lipinski definition) is 1. The molecule has 3 unspecified atom stereocenters. The standard InChI is InChI=1S/C14H23NO2/c1-4-16-10-11(2)17-12(3)14(15)13-8-6-5-7-9-13/h5-9,11-12,14H,4,10,15H2,1-3H3. The van der Waals surface area contributed by atoms with Crippen LogP contribution in [-0.2, 0) is 9.47 Å². The Kier molecular flexibility index (Phi) is 6.19. The minimum absolute atomic E-state index is 0.0205. The van der Waals surface area contributed by atoms with Crippen LogP contribution in [0.2, 0.25) is 0 Å². The zero-order valence-electron chi connectivity index (χ0n) is 10.9. The fourth-order valence-electron chi connectivity index (χ4n) is 1.72. The molecule has 0 aliphatic carbocycles. The van der Waals surface area contributed by atoms with Gasteiger partial charge in [-0.05, 0) is 26.3 Å². The van der Waals surface area contributed by atoms with Crippen LogP contribution in [0.5, 0.6) is 0 Å². The summed E-state index contributed by atoms with van der Waals surface area (Å²) in [4.78, 5) is 0. The number of ether oxygens (including phenoxy) is 2. The van der Waals surface area contributed by atoms with Crippen molar-refractivity contribution in [3.8, 4) is 0 Å². The molecule has 0 amide bonds. The molecule has 0 saturated heterocycles. The first-order valence-electron chi connectivity index (χ1n) is 6.18. The van der Waals surface area contributed by atoms with Crippen LogP contribution in [0.25, 0.3) is 0 Å². The van der Waals surface area contributed by atoms with E-state index >= 15 is 0 Å². The lowest BCUT2D eigenvalue weighted by Crippen LogP contribution is -2.31. The maximum absolute atomic E-state index is 6.15. The first kappa shape index (κ1) is 14.2. The summed E-state index contributed by atoms with van der Waals surface area (Å²) in [6.07, 6.45) is 0.0487. The quantitative estimate of drug-likeness (QED) is 0.792. The molecule has 0 aromatic heterocycles. The summed E-state index contributed by atoms with van der Waals surface area (Å²) in [6, 6.07) is 9.92. The first-order chi connectivity index (χ1) is 8.15. The summed E-state index contributed by atoms with van der Waals surface area (Å²) in [7, 11) is 0. The van der Waals surface area contributed by atoms with Gasteiger partial charge < -0.3 is 15.2 Å². The highest BCUT2D eigenvalue weighted by atomic mass is 16.5. The van der Waals surface area contributed by atoms with Crippen LogP contribution in [-0.4, -0.2) is 25.4 Å². The Morgan fingerprint density at radius 3 is 2.41 bits per heavy atom. The van der Waals surface area contributed by atoms with Gasteiger partial charge in [0.15, 0.2) is 0 Å². The molecule has 1 aromatic rings. The van der Waals surface area contributed by atoms with Crippen LogP contribution >= 0.6 is 0 Å². The Morgan fingerprint density at radius 2 is 1.82 bits per heavy atom. The zero-order chi connectivity index (χ0) is 12.7. The van der Waals surface area contributed by atoms with Gasteiger partial charge >= 0.3 is 0 Å². The zero-order valence-corrected chi connectivity index (χ0v) is 10.9. The maximum atomic E-state index is 6.15. The Hall–Kier alpha value is -0.900. The molecule has 0 aliphatic heterocycles. The summed E-state index contributed by atoms with van der Waals surface area (Å²) in [5.41, 5.74) is 7.25. The molecule has 0 saturated carbocycles. The molecular weight excluding hydrogens is 214 g/mol. The molecule has 0 spiro atoms. The van der Waals surface area contributed by atoms with Crippen LogP contribution < -0.4 is 5.73 Å². The lowest BCUT2D eigenvalue weighted by molar-refractivity contribution is -0.0481. The molecule has 0 heterocycles.